The molecule has 172 valence electrons. The van der Waals surface area contributed by atoms with Gasteiger partial charge in [-0.05, 0) is 35.2 Å². The van der Waals surface area contributed by atoms with Crippen LogP contribution in [0.15, 0.2) is 35.0 Å². The molecule has 32 heavy (non-hydrogen) atoms. The number of thiophene rings is 1. The number of amides is 2. The minimum Gasteiger partial charge on any atom is -0.493 e. The largest absolute Gasteiger partial charge is 0.493 e. The Balaban J connectivity index is 1.47. The van der Waals surface area contributed by atoms with E-state index in [9.17, 15) is 9.59 Å². The minimum absolute atomic E-state index is 0.0378. The third-order valence-electron chi connectivity index (χ3n) is 5.29. The minimum atomic E-state index is -0.0445. The number of carbonyl (C=O) groups is 2. The highest BCUT2D eigenvalue weighted by Crippen LogP contribution is 2.38. The van der Waals surface area contributed by atoms with Gasteiger partial charge in [0, 0.05) is 56.3 Å². The Bertz CT molecular complexity index is 912. The van der Waals surface area contributed by atoms with Crippen molar-refractivity contribution in [1.82, 2.24) is 15.1 Å². The van der Waals surface area contributed by atoms with Crippen molar-refractivity contribution in [2.75, 3.05) is 60.6 Å². The highest BCUT2D eigenvalue weighted by Gasteiger charge is 2.20. The van der Waals surface area contributed by atoms with Gasteiger partial charge in [0.25, 0.3) is 5.91 Å². The highest BCUT2D eigenvalue weighted by atomic mass is 32.1. The van der Waals surface area contributed by atoms with E-state index >= 15 is 0 Å². The van der Waals surface area contributed by atoms with Gasteiger partial charge in [0.05, 0.1) is 21.3 Å². The monoisotopic (exact) mass is 459 g/mol. The first kappa shape index (κ1) is 23.6. The van der Waals surface area contributed by atoms with Gasteiger partial charge >= 0.3 is 0 Å². The van der Waals surface area contributed by atoms with Gasteiger partial charge in [-0.1, -0.05) is 0 Å². The number of piperazine rings is 1. The normalized spacial score (nSPS) is 14.4. The molecule has 1 aliphatic rings. The molecule has 0 radical (unpaired) electrons. The number of benzene rings is 1. The first-order chi connectivity index (χ1) is 15.5. The van der Waals surface area contributed by atoms with Crippen molar-refractivity contribution < 1.29 is 23.8 Å². The zero-order valence-electron chi connectivity index (χ0n) is 18.6. The van der Waals surface area contributed by atoms with E-state index in [1.165, 1.54) is 11.3 Å². The summed E-state index contributed by atoms with van der Waals surface area (Å²) in [5, 5.41) is 6.67. The molecule has 1 N–H and O–H groups in total. The lowest BCUT2D eigenvalue weighted by molar-refractivity contribution is -0.127. The molecule has 0 bridgehead atoms. The summed E-state index contributed by atoms with van der Waals surface area (Å²) in [5.41, 5.74) is 1.48. The van der Waals surface area contributed by atoms with Gasteiger partial charge in [-0.3, -0.25) is 14.5 Å². The number of hydrogen-bond donors (Lipinski definition) is 1. The molecule has 0 unspecified atom stereocenters. The Hall–Kier alpha value is -3.04. The van der Waals surface area contributed by atoms with Crippen LogP contribution in [0.2, 0.25) is 0 Å². The maximum Gasteiger partial charge on any atom is 0.252 e. The van der Waals surface area contributed by atoms with E-state index in [1.54, 1.807) is 45.6 Å². The Labute approximate surface area is 192 Å². The van der Waals surface area contributed by atoms with Gasteiger partial charge in [0.1, 0.15) is 0 Å². The number of carbonyl (C=O) groups excluding carboxylic acids is 2. The van der Waals surface area contributed by atoms with Crippen molar-refractivity contribution >= 4 is 29.2 Å². The summed E-state index contributed by atoms with van der Waals surface area (Å²) in [6.07, 6.45) is 3.32. The SMILES string of the molecule is COc1cc(/C=C/C(=O)N2CCN(CCNC(=O)c3ccsc3)CC2)cc(OC)c1OC. The molecule has 8 nitrogen and oxygen atoms in total. The van der Waals surface area contributed by atoms with Crippen LogP contribution in [-0.4, -0.2) is 82.2 Å². The highest BCUT2D eigenvalue weighted by molar-refractivity contribution is 7.08. The van der Waals surface area contributed by atoms with Crippen LogP contribution in [0.25, 0.3) is 6.08 Å². The molecule has 2 heterocycles. The molecular weight excluding hydrogens is 430 g/mol. The van der Waals surface area contributed by atoms with Gasteiger partial charge in [-0.2, -0.15) is 11.3 Å². The average molecular weight is 460 g/mol. The van der Waals surface area contributed by atoms with Gasteiger partial charge in [-0.15, -0.1) is 0 Å². The van der Waals surface area contributed by atoms with Crippen molar-refractivity contribution in [2.45, 2.75) is 0 Å². The van der Waals surface area contributed by atoms with Crippen LogP contribution in [0.5, 0.6) is 17.2 Å². The van der Waals surface area contributed by atoms with Crippen molar-refractivity contribution in [1.29, 1.82) is 0 Å². The molecule has 2 aromatic rings. The summed E-state index contributed by atoms with van der Waals surface area (Å²) in [7, 11) is 4.67. The molecule has 0 spiro atoms. The second-order valence-electron chi connectivity index (χ2n) is 7.23. The number of methoxy groups -OCH3 is 3. The zero-order valence-corrected chi connectivity index (χ0v) is 19.4. The fraction of sp³-hybridized carbons (Fsp3) is 0.391. The molecular formula is C23H29N3O5S. The molecule has 0 atom stereocenters. The Morgan fingerprint density at radius 1 is 1.06 bits per heavy atom. The van der Waals surface area contributed by atoms with Gasteiger partial charge in [0.2, 0.25) is 11.7 Å². The summed E-state index contributed by atoms with van der Waals surface area (Å²) < 4.78 is 16.0. The van der Waals surface area contributed by atoms with E-state index in [-0.39, 0.29) is 11.8 Å². The van der Waals surface area contributed by atoms with E-state index in [0.29, 0.717) is 42.4 Å². The maximum absolute atomic E-state index is 12.6. The lowest BCUT2D eigenvalue weighted by atomic mass is 10.1. The number of rotatable bonds is 9. The molecule has 9 heteroatoms. The molecule has 1 fully saturated rings. The Kier molecular flexibility index (Phi) is 8.52. The van der Waals surface area contributed by atoms with Crippen molar-refractivity contribution in [2.24, 2.45) is 0 Å². The fourth-order valence-electron chi connectivity index (χ4n) is 3.49. The number of nitrogens with one attached hydrogen (secondary N) is 1. The maximum atomic E-state index is 12.6. The molecule has 3 rings (SSSR count). The van der Waals surface area contributed by atoms with Crippen LogP contribution in [0.4, 0.5) is 0 Å². The van der Waals surface area contributed by atoms with Crippen molar-refractivity contribution in [3.8, 4) is 17.2 Å². The van der Waals surface area contributed by atoms with E-state index < -0.39 is 0 Å². The number of ether oxygens (including phenoxy) is 3. The molecule has 1 saturated heterocycles. The first-order valence-corrected chi connectivity index (χ1v) is 11.3. The summed E-state index contributed by atoms with van der Waals surface area (Å²) in [5.74, 6) is 1.51. The van der Waals surface area contributed by atoms with E-state index in [2.05, 4.69) is 10.2 Å². The van der Waals surface area contributed by atoms with Gasteiger partial charge in [-0.25, -0.2) is 0 Å². The summed E-state index contributed by atoms with van der Waals surface area (Å²) in [6.45, 7) is 4.20. The van der Waals surface area contributed by atoms with Crippen LogP contribution in [0, 0.1) is 0 Å². The standard InChI is InChI=1S/C23H29N3O5S/c1-29-19-14-17(15-20(30-2)22(19)31-3)4-5-21(27)26-11-9-25(10-12-26)8-7-24-23(28)18-6-13-32-16-18/h4-6,13-16H,7-12H2,1-3H3,(H,24,28)/b5-4+. The van der Waals surface area contributed by atoms with E-state index in [0.717, 1.165) is 25.2 Å². The van der Waals surface area contributed by atoms with Gasteiger partial charge in [0.15, 0.2) is 11.5 Å². The van der Waals surface area contributed by atoms with Crippen LogP contribution in [0.1, 0.15) is 15.9 Å². The van der Waals surface area contributed by atoms with Gasteiger partial charge < -0.3 is 24.4 Å². The summed E-state index contributed by atoms with van der Waals surface area (Å²) >= 11 is 1.51. The smallest absolute Gasteiger partial charge is 0.252 e. The number of nitrogens with zero attached hydrogens (tertiary/aromatic N) is 2. The second-order valence-corrected chi connectivity index (χ2v) is 8.01. The Morgan fingerprint density at radius 3 is 2.31 bits per heavy atom. The van der Waals surface area contributed by atoms with Crippen molar-refractivity contribution in [3.63, 3.8) is 0 Å². The first-order valence-electron chi connectivity index (χ1n) is 10.4. The van der Waals surface area contributed by atoms with Crippen LogP contribution < -0.4 is 19.5 Å². The fourth-order valence-corrected chi connectivity index (χ4v) is 4.12. The van der Waals surface area contributed by atoms with Crippen LogP contribution in [0.3, 0.4) is 0 Å². The molecule has 1 aliphatic heterocycles. The predicted octanol–water partition coefficient (Wildman–Crippen LogP) is 2.36. The average Bonchev–Trinajstić information content (AvgIpc) is 3.37. The van der Waals surface area contributed by atoms with E-state index in [4.69, 9.17) is 14.2 Å². The van der Waals surface area contributed by atoms with Crippen molar-refractivity contribution in [3.05, 3.63) is 46.2 Å². The lowest BCUT2D eigenvalue weighted by Crippen LogP contribution is -2.49. The lowest BCUT2D eigenvalue weighted by Gasteiger charge is -2.34. The molecule has 2 amide bonds. The summed E-state index contributed by atoms with van der Waals surface area (Å²) in [6, 6.07) is 5.41. The molecule has 1 aromatic heterocycles. The molecule has 0 aliphatic carbocycles. The number of hydrogen-bond acceptors (Lipinski definition) is 7. The zero-order chi connectivity index (χ0) is 22.9. The topological polar surface area (TPSA) is 80.3 Å². The third-order valence-corrected chi connectivity index (χ3v) is 5.97. The van der Waals surface area contributed by atoms with E-state index in [1.807, 2.05) is 21.7 Å². The quantitative estimate of drug-likeness (QED) is 0.580. The molecule has 1 aromatic carbocycles. The van der Waals surface area contributed by atoms with Crippen LogP contribution in [-0.2, 0) is 4.79 Å². The third kappa shape index (κ3) is 6.02. The predicted molar refractivity (Wildman–Crippen MR) is 125 cm³/mol. The second kappa shape index (κ2) is 11.5. The summed E-state index contributed by atoms with van der Waals surface area (Å²) in [4.78, 5) is 28.7. The van der Waals surface area contributed by atoms with Crippen LogP contribution >= 0.6 is 11.3 Å². The Morgan fingerprint density at radius 2 is 1.75 bits per heavy atom. The molecule has 0 saturated carbocycles.